The molecule has 0 amide bonds. The molecular formula is C41H48N2O4. The van der Waals surface area contributed by atoms with Crippen LogP contribution in [0.4, 0.5) is 0 Å². The molecule has 3 N–H and O–H groups in total. The highest BCUT2D eigenvalue weighted by Gasteiger charge is 2.74. The van der Waals surface area contributed by atoms with Crippen molar-refractivity contribution in [1.82, 2.24) is 9.88 Å². The Morgan fingerprint density at radius 2 is 1.72 bits per heavy atom. The molecule has 6 heteroatoms. The van der Waals surface area contributed by atoms with E-state index in [-0.39, 0.29) is 34.1 Å². The normalized spacial score (nSPS) is 40.4. The summed E-state index contributed by atoms with van der Waals surface area (Å²) in [6.45, 7) is 7.21. The molecule has 6 aliphatic carbocycles. The zero-order valence-corrected chi connectivity index (χ0v) is 28.0. The number of methoxy groups -OCH3 is 1. The van der Waals surface area contributed by atoms with Crippen molar-refractivity contribution in [3.8, 4) is 5.75 Å². The summed E-state index contributed by atoms with van der Waals surface area (Å²) in [5, 5.41) is 25.2. The number of aromatic nitrogens is 1. The number of hydrogen-bond donors (Lipinski definition) is 3. The summed E-state index contributed by atoms with van der Waals surface area (Å²) in [5.74, 6) is 1.27. The molecule has 3 aromatic rings. The second-order valence-corrected chi connectivity index (χ2v) is 16.5. The van der Waals surface area contributed by atoms with E-state index >= 15 is 0 Å². The molecule has 8 unspecified atom stereocenters. The van der Waals surface area contributed by atoms with Crippen LogP contribution < -0.4 is 4.74 Å². The van der Waals surface area contributed by atoms with Crippen LogP contribution in [0.1, 0.15) is 80.4 Å². The van der Waals surface area contributed by atoms with E-state index in [0.717, 1.165) is 69.4 Å². The van der Waals surface area contributed by atoms with E-state index in [9.17, 15) is 15.0 Å². The second-order valence-electron chi connectivity index (χ2n) is 16.5. The molecule has 0 saturated heterocycles. The summed E-state index contributed by atoms with van der Waals surface area (Å²) in [6.07, 6.45) is 13.8. The average Bonchev–Trinajstić information content (AvgIpc) is 3.57. The first-order valence-corrected chi connectivity index (χ1v) is 17.9. The first-order chi connectivity index (χ1) is 22.6. The minimum Gasteiger partial charge on any atom is -0.497 e. The topological polar surface area (TPSA) is 85.8 Å². The number of para-hydroxylation sites is 1. The Morgan fingerprint density at radius 1 is 0.979 bits per heavy atom. The fraction of sp³-hybridized carbons (Fsp3) is 0.537. The van der Waals surface area contributed by atoms with Gasteiger partial charge < -0.3 is 19.9 Å². The van der Waals surface area contributed by atoms with Crippen LogP contribution in [0.5, 0.6) is 5.75 Å². The maximum atomic E-state index is 14.8. The lowest BCUT2D eigenvalue weighted by molar-refractivity contribution is -0.176. The van der Waals surface area contributed by atoms with Crippen molar-refractivity contribution < 1.29 is 19.7 Å². The Labute approximate surface area is 277 Å². The molecule has 1 aromatic heterocycles. The summed E-state index contributed by atoms with van der Waals surface area (Å²) >= 11 is 0. The Kier molecular flexibility index (Phi) is 6.32. The van der Waals surface area contributed by atoms with Gasteiger partial charge in [0.15, 0.2) is 5.78 Å². The van der Waals surface area contributed by atoms with Crippen LogP contribution in [-0.2, 0) is 13.0 Å². The molecule has 0 radical (unpaired) electrons. The number of allylic oxidation sites excluding steroid dienone is 4. The predicted octanol–water partition coefficient (Wildman–Crippen LogP) is 7.01. The van der Waals surface area contributed by atoms with Gasteiger partial charge in [0.25, 0.3) is 0 Å². The van der Waals surface area contributed by atoms with E-state index in [1.165, 1.54) is 22.2 Å². The third-order valence-electron chi connectivity index (χ3n) is 14.8. The Balaban J connectivity index is 1.10. The minimum atomic E-state index is -0.849. The van der Waals surface area contributed by atoms with Crippen LogP contribution in [0, 0.1) is 33.5 Å². The molecule has 246 valence electrons. The van der Waals surface area contributed by atoms with E-state index < -0.39 is 11.0 Å². The van der Waals surface area contributed by atoms with Crippen molar-refractivity contribution in [2.45, 2.75) is 83.5 Å². The summed E-state index contributed by atoms with van der Waals surface area (Å²) in [6, 6.07) is 16.1. The predicted molar refractivity (Wildman–Crippen MR) is 183 cm³/mol. The third-order valence-corrected chi connectivity index (χ3v) is 14.8. The number of aliphatic hydroxyl groups excluding tert-OH is 1. The Bertz CT molecular complexity index is 1840. The quantitative estimate of drug-likeness (QED) is 0.208. The number of H-pyrrole nitrogens is 1. The number of rotatable bonds is 5. The SMILES string of the molecule is COc1ccc(C(=O)C2=CC34C=CC25C(CCC2(C)C5CCC2(O)CN2CCc5c([nH]c6ccccc56)C2)C3(C)CCC(O)C4)cc1. The number of fused-ring (bicyclic) bond motifs is 4. The first-order valence-electron chi connectivity index (χ1n) is 17.9. The van der Waals surface area contributed by atoms with Gasteiger partial charge in [0, 0.05) is 63.6 Å². The molecular weight excluding hydrogens is 584 g/mol. The van der Waals surface area contributed by atoms with Gasteiger partial charge in [-0.15, -0.1) is 0 Å². The summed E-state index contributed by atoms with van der Waals surface area (Å²) in [7, 11) is 1.65. The van der Waals surface area contributed by atoms with Gasteiger partial charge in [0.2, 0.25) is 0 Å². The summed E-state index contributed by atoms with van der Waals surface area (Å²) in [5.41, 5.74) is 3.50. The number of aliphatic hydroxyl groups is 2. The van der Waals surface area contributed by atoms with Gasteiger partial charge in [0.05, 0.1) is 18.8 Å². The fourth-order valence-electron chi connectivity index (χ4n) is 12.2. The molecule has 8 atom stereocenters. The Hall–Kier alpha value is -3.19. The van der Waals surface area contributed by atoms with Crippen molar-refractivity contribution >= 4 is 16.7 Å². The van der Waals surface area contributed by atoms with Gasteiger partial charge in [-0.2, -0.15) is 0 Å². The number of ether oxygens (including phenoxy) is 1. The van der Waals surface area contributed by atoms with Crippen molar-refractivity contribution in [3.05, 3.63) is 89.2 Å². The number of Topliss-reactive ketones (excluding diaryl/α,β-unsaturated/α-hetero) is 1. The summed E-state index contributed by atoms with van der Waals surface area (Å²) in [4.78, 5) is 20.9. The molecule has 47 heavy (non-hydrogen) atoms. The van der Waals surface area contributed by atoms with Crippen LogP contribution in [0.3, 0.4) is 0 Å². The standard InChI is InChI=1S/C41H48N2O4/c1-37-16-12-27(44)22-39(37)19-20-41(31(23-39)36(45)26-8-10-28(47-3)11-9-26)34(37)13-17-38(2)35(41)14-18-40(38,46)25-43-21-15-30-29-6-4-5-7-32(29)42-33(30)24-43/h4-11,19-20,23,27,34-35,42,44,46H,12-18,21-22,24-25H2,1-3H3. The Morgan fingerprint density at radius 3 is 2.53 bits per heavy atom. The number of nitrogens with one attached hydrogen (secondary N) is 1. The summed E-state index contributed by atoms with van der Waals surface area (Å²) < 4.78 is 5.41. The zero-order valence-electron chi connectivity index (χ0n) is 28.0. The third kappa shape index (κ3) is 3.81. The van der Waals surface area contributed by atoms with Gasteiger partial charge in [-0.25, -0.2) is 0 Å². The van der Waals surface area contributed by atoms with Gasteiger partial charge in [-0.1, -0.05) is 50.3 Å². The van der Waals surface area contributed by atoms with Crippen molar-refractivity contribution in [2.75, 3.05) is 20.2 Å². The number of carbonyl (C=O) groups is 1. The van der Waals surface area contributed by atoms with E-state index in [2.05, 4.69) is 66.2 Å². The molecule has 10 rings (SSSR count). The maximum absolute atomic E-state index is 14.8. The minimum absolute atomic E-state index is 0.0361. The lowest BCUT2D eigenvalue weighted by Gasteiger charge is -2.71. The maximum Gasteiger partial charge on any atom is 0.189 e. The van der Waals surface area contributed by atoms with Gasteiger partial charge in [-0.3, -0.25) is 9.69 Å². The van der Waals surface area contributed by atoms with Gasteiger partial charge in [-0.05, 0) is 105 Å². The highest BCUT2D eigenvalue weighted by molar-refractivity contribution is 6.10. The number of aromatic amines is 1. The second kappa shape index (κ2) is 9.93. The smallest absolute Gasteiger partial charge is 0.189 e. The van der Waals surface area contributed by atoms with Crippen LogP contribution >= 0.6 is 0 Å². The van der Waals surface area contributed by atoms with Crippen molar-refractivity contribution in [2.24, 2.45) is 33.5 Å². The molecule has 2 spiro atoms. The molecule has 2 aromatic carbocycles. The number of hydrogen-bond acceptors (Lipinski definition) is 5. The average molecular weight is 633 g/mol. The van der Waals surface area contributed by atoms with E-state index in [1.807, 2.05) is 24.3 Å². The van der Waals surface area contributed by atoms with E-state index in [4.69, 9.17) is 4.74 Å². The van der Waals surface area contributed by atoms with Gasteiger partial charge in [0.1, 0.15) is 5.75 Å². The lowest BCUT2D eigenvalue weighted by Crippen LogP contribution is -2.67. The van der Waals surface area contributed by atoms with Crippen LogP contribution in [0.15, 0.2) is 72.3 Å². The van der Waals surface area contributed by atoms with E-state index in [0.29, 0.717) is 24.4 Å². The zero-order chi connectivity index (χ0) is 32.4. The molecule has 6 nitrogen and oxygen atoms in total. The van der Waals surface area contributed by atoms with Crippen molar-refractivity contribution in [1.29, 1.82) is 0 Å². The highest BCUT2D eigenvalue weighted by atomic mass is 16.5. The van der Waals surface area contributed by atoms with E-state index in [1.54, 1.807) is 7.11 Å². The monoisotopic (exact) mass is 632 g/mol. The lowest BCUT2D eigenvalue weighted by atomic mass is 9.32. The largest absolute Gasteiger partial charge is 0.497 e. The molecule has 3 fully saturated rings. The molecule has 1 aliphatic heterocycles. The number of β-amino-alcohol motifs (C(OH)–C–C–N with tert-alkyl or cyclic N) is 1. The number of ketones is 1. The molecule has 2 heterocycles. The number of benzene rings is 2. The highest BCUT2D eigenvalue weighted by Crippen LogP contribution is 2.78. The molecule has 3 saturated carbocycles. The number of nitrogens with zero attached hydrogens (tertiary/aromatic N) is 1. The number of carbonyl (C=O) groups excluding carboxylic acids is 1. The molecule has 7 aliphatic rings. The van der Waals surface area contributed by atoms with Gasteiger partial charge >= 0.3 is 0 Å². The fourth-order valence-corrected chi connectivity index (χ4v) is 12.2. The van der Waals surface area contributed by atoms with Crippen LogP contribution in [-0.4, -0.2) is 57.8 Å². The first kappa shape index (κ1) is 29.9. The molecule has 2 bridgehead atoms. The van der Waals surface area contributed by atoms with Crippen LogP contribution in [0.25, 0.3) is 10.9 Å². The van der Waals surface area contributed by atoms with Crippen molar-refractivity contribution in [3.63, 3.8) is 0 Å². The van der Waals surface area contributed by atoms with Crippen LogP contribution in [0.2, 0.25) is 0 Å².